The van der Waals surface area contributed by atoms with E-state index in [-0.39, 0.29) is 0 Å². The van der Waals surface area contributed by atoms with Crippen LogP contribution in [-0.2, 0) is 0 Å². The van der Waals surface area contributed by atoms with Gasteiger partial charge < -0.3 is 9.47 Å². The van der Waals surface area contributed by atoms with Crippen molar-refractivity contribution in [1.82, 2.24) is 0 Å². The van der Waals surface area contributed by atoms with E-state index in [0.717, 1.165) is 57.7 Å². The van der Waals surface area contributed by atoms with Crippen molar-refractivity contribution < 1.29 is 9.47 Å². The number of benzene rings is 2. The molecule has 0 radical (unpaired) electrons. The Bertz CT molecular complexity index is 669. The third-order valence-electron chi connectivity index (χ3n) is 3.91. The molecule has 0 fully saturated rings. The van der Waals surface area contributed by atoms with Crippen molar-refractivity contribution in [3.05, 3.63) is 45.4 Å². The topological polar surface area (TPSA) is 18.5 Å². The van der Waals surface area contributed by atoms with Gasteiger partial charge in [-0.1, -0.05) is 13.3 Å². The van der Waals surface area contributed by atoms with E-state index >= 15 is 0 Å². The van der Waals surface area contributed by atoms with Crippen molar-refractivity contribution in [3.63, 3.8) is 0 Å². The van der Waals surface area contributed by atoms with Crippen LogP contribution < -0.4 is 9.47 Å². The summed E-state index contributed by atoms with van der Waals surface area (Å²) in [6, 6.07) is 8.63. The summed E-state index contributed by atoms with van der Waals surface area (Å²) >= 11 is 3.66. The van der Waals surface area contributed by atoms with Crippen molar-refractivity contribution in [2.45, 2.75) is 40.5 Å². The lowest BCUT2D eigenvalue weighted by Gasteiger charge is -2.17. The molecule has 0 aliphatic rings. The van der Waals surface area contributed by atoms with E-state index in [0.29, 0.717) is 0 Å². The Hall–Kier alpha value is -1.48. The minimum Gasteiger partial charge on any atom is -0.496 e. The van der Waals surface area contributed by atoms with Gasteiger partial charge in [0.05, 0.1) is 18.2 Å². The van der Waals surface area contributed by atoms with E-state index in [1.807, 2.05) is 0 Å². The highest BCUT2D eigenvalue weighted by molar-refractivity contribution is 9.10. The average molecular weight is 377 g/mol. The average Bonchev–Trinajstić information content (AvgIpc) is 2.48. The van der Waals surface area contributed by atoms with Crippen LogP contribution in [-0.4, -0.2) is 13.7 Å². The summed E-state index contributed by atoms with van der Waals surface area (Å²) in [6.45, 7) is 9.17. The molecule has 0 N–H and O–H groups in total. The zero-order valence-corrected chi connectivity index (χ0v) is 16.2. The normalized spacial score (nSPS) is 10.7. The molecule has 2 nitrogen and oxygen atoms in total. The van der Waals surface area contributed by atoms with E-state index in [9.17, 15) is 0 Å². The standard InChI is InChI=1S/C20H25BrO2/c1-6-7-8-23-20-17(9-13(2)10-18(20)21)16-11-14(3)19(22-5)15(4)12-16/h9-12H,6-8H2,1-5H3. The number of unbranched alkanes of at least 4 members (excludes halogenated alkanes) is 1. The van der Waals surface area contributed by atoms with Crippen LogP contribution in [0.2, 0.25) is 0 Å². The Morgan fingerprint density at radius 1 is 0.957 bits per heavy atom. The maximum absolute atomic E-state index is 6.08. The highest BCUT2D eigenvalue weighted by Gasteiger charge is 2.14. The first kappa shape index (κ1) is 17.9. The van der Waals surface area contributed by atoms with Gasteiger partial charge >= 0.3 is 0 Å². The summed E-state index contributed by atoms with van der Waals surface area (Å²) in [6.07, 6.45) is 2.18. The van der Waals surface area contributed by atoms with Crippen molar-refractivity contribution in [1.29, 1.82) is 0 Å². The predicted molar refractivity (Wildman–Crippen MR) is 101 cm³/mol. The Balaban J connectivity index is 2.53. The van der Waals surface area contributed by atoms with Crippen LogP contribution >= 0.6 is 15.9 Å². The van der Waals surface area contributed by atoms with Gasteiger partial charge in [0, 0.05) is 5.56 Å². The molecular weight excluding hydrogens is 352 g/mol. The van der Waals surface area contributed by atoms with Crippen LogP contribution in [0.15, 0.2) is 28.7 Å². The molecule has 0 atom stereocenters. The lowest BCUT2D eigenvalue weighted by atomic mass is 9.97. The molecular formula is C20H25BrO2. The molecule has 0 saturated heterocycles. The first-order chi connectivity index (χ1) is 11.0. The molecule has 3 heteroatoms. The van der Waals surface area contributed by atoms with Crippen molar-refractivity contribution in [2.75, 3.05) is 13.7 Å². The van der Waals surface area contributed by atoms with Crippen molar-refractivity contribution in [2.24, 2.45) is 0 Å². The van der Waals surface area contributed by atoms with Crippen LogP contribution in [0.1, 0.15) is 36.5 Å². The number of methoxy groups -OCH3 is 1. The third kappa shape index (κ3) is 4.08. The van der Waals surface area contributed by atoms with Gasteiger partial charge in [0.2, 0.25) is 0 Å². The molecule has 0 heterocycles. The highest BCUT2D eigenvalue weighted by atomic mass is 79.9. The summed E-state index contributed by atoms with van der Waals surface area (Å²) in [4.78, 5) is 0. The molecule has 2 aromatic carbocycles. The SMILES string of the molecule is CCCCOc1c(Br)cc(C)cc1-c1cc(C)c(OC)c(C)c1. The van der Waals surface area contributed by atoms with Gasteiger partial charge in [-0.25, -0.2) is 0 Å². The molecule has 23 heavy (non-hydrogen) atoms. The number of ether oxygens (including phenoxy) is 2. The number of halogens is 1. The fraction of sp³-hybridized carbons (Fsp3) is 0.400. The Labute approximate surface area is 148 Å². The van der Waals surface area contributed by atoms with Gasteiger partial charge in [0.15, 0.2) is 0 Å². The van der Waals surface area contributed by atoms with Gasteiger partial charge in [-0.3, -0.25) is 0 Å². The second-order valence-electron chi connectivity index (χ2n) is 5.97. The number of hydrogen-bond acceptors (Lipinski definition) is 2. The summed E-state index contributed by atoms with van der Waals surface area (Å²) in [5, 5.41) is 0. The molecule has 0 saturated carbocycles. The van der Waals surface area contributed by atoms with E-state index in [1.165, 1.54) is 5.56 Å². The summed E-state index contributed by atoms with van der Waals surface area (Å²) < 4.78 is 12.6. The molecule has 0 amide bonds. The summed E-state index contributed by atoms with van der Waals surface area (Å²) in [5.41, 5.74) is 5.78. The molecule has 2 rings (SSSR count). The zero-order chi connectivity index (χ0) is 17.0. The van der Waals surface area contributed by atoms with Gasteiger partial charge in [-0.05, 0) is 89.6 Å². The number of hydrogen-bond donors (Lipinski definition) is 0. The molecule has 124 valence electrons. The second kappa shape index (κ2) is 7.87. The van der Waals surface area contributed by atoms with Crippen LogP contribution in [0.5, 0.6) is 11.5 Å². The lowest BCUT2D eigenvalue weighted by Crippen LogP contribution is -2.00. The third-order valence-corrected chi connectivity index (χ3v) is 4.50. The van der Waals surface area contributed by atoms with E-state index in [2.05, 4.69) is 67.9 Å². The molecule has 0 aliphatic heterocycles. The molecule has 0 unspecified atom stereocenters. The van der Waals surface area contributed by atoms with E-state index in [4.69, 9.17) is 9.47 Å². The minimum absolute atomic E-state index is 0.735. The van der Waals surface area contributed by atoms with Gasteiger partial charge in [-0.2, -0.15) is 0 Å². The van der Waals surface area contributed by atoms with Gasteiger partial charge in [0.25, 0.3) is 0 Å². The largest absolute Gasteiger partial charge is 0.496 e. The fourth-order valence-electron chi connectivity index (χ4n) is 2.84. The quantitative estimate of drug-likeness (QED) is 0.556. The molecule has 0 bridgehead atoms. The smallest absolute Gasteiger partial charge is 0.141 e. The molecule has 0 spiro atoms. The summed E-state index contributed by atoms with van der Waals surface area (Å²) in [7, 11) is 1.72. The maximum Gasteiger partial charge on any atom is 0.141 e. The van der Waals surface area contributed by atoms with Crippen LogP contribution in [0.4, 0.5) is 0 Å². The monoisotopic (exact) mass is 376 g/mol. The zero-order valence-electron chi connectivity index (χ0n) is 14.6. The number of aryl methyl sites for hydroxylation is 3. The first-order valence-corrected chi connectivity index (χ1v) is 8.85. The van der Waals surface area contributed by atoms with E-state index in [1.54, 1.807) is 7.11 Å². The van der Waals surface area contributed by atoms with Crippen LogP contribution in [0.3, 0.4) is 0 Å². The fourth-order valence-corrected chi connectivity index (χ4v) is 3.53. The van der Waals surface area contributed by atoms with Crippen molar-refractivity contribution >= 4 is 15.9 Å². The van der Waals surface area contributed by atoms with Gasteiger partial charge in [0.1, 0.15) is 11.5 Å². The number of rotatable bonds is 6. The Kier molecular flexibility index (Phi) is 6.11. The highest BCUT2D eigenvalue weighted by Crippen LogP contribution is 2.40. The summed E-state index contributed by atoms with van der Waals surface area (Å²) in [5.74, 6) is 1.88. The van der Waals surface area contributed by atoms with Gasteiger partial charge in [-0.15, -0.1) is 0 Å². The Morgan fingerprint density at radius 3 is 2.17 bits per heavy atom. The van der Waals surface area contributed by atoms with Crippen molar-refractivity contribution in [3.8, 4) is 22.6 Å². The molecule has 0 aliphatic carbocycles. The van der Waals surface area contributed by atoms with Crippen LogP contribution in [0.25, 0.3) is 11.1 Å². The minimum atomic E-state index is 0.735. The molecule has 0 aromatic heterocycles. The lowest BCUT2D eigenvalue weighted by molar-refractivity contribution is 0.308. The predicted octanol–water partition coefficient (Wildman–Crippen LogP) is 6.23. The first-order valence-electron chi connectivity index (χ1n) is 8.06. The second-order valence-corrected chi connectivity index (χ2v) is 6.82. The van der Waals surface area contributed by atoms with E-state index < -0.39 is 0 Å². The molecule has 2 aromatic rings. The maximum atomic E-state index is 6.08. The Morgan fingerprint density at radius 2 is 1.61 bits per heavy atom. The van der Waals surface area contributed by atoms with Crippen LogP contribution in [0, 0.1) is 20.8 Å².